The number of nitrogens with one attached hydrogen (secondary N) is 2. The second-order valence-corrected chi connectivity index (χ2v) is 5.53. The summed E-state index contributed by atoms with van der Waals surface area (Å²) in [4.78, 5) is 11.6. The van der Waals surface area contributed by atoms with Gasteiger partial charge in [0.1, 0.15) is 5.75 Å². The molecular weight excluding hydrogens is 311 g/mol. The van der Waals surface area contributed by atoms with Crippen LogP contribution in [0.5, 0.6) is 5.75 Å². The molecule has 21 heavy (non-hydrogen) atoms. The molecule has 0 bridgehead atoms. The second-order valence-electron chi connectivity index (χ2n) is 5.09. The van der Waals surface area contributed by atoms with Crippen molar-refractivity contribution < 1.29 is 9.53 Å². The van der Waals surface area contributed by atoms with E-state index in [0.29, 0.717) is 16.7 Å². The molecule has 2 rings (SSSR count). The van der Waals surface area contributed by atoms with E-state index in [2.05, 4.69) is 10.6 Å². The smallest absolute Gasteiger partial charge is 0.257 e. The van der Waals surface area contributed by atoms with Crippen molar-refractivity contribution in [1.29, 1.82) is 0 Å². The fourth-order valence-electron chi connectivity index (χ4n) is 2.32. The van der Waals surface area contributed by atoms with Gasteiger partial charge in [-0.2, -0.15) is 0 Å². The van der Waals surface area contributed by atoms with Gasteiger partial charge in [0.25, 0.3) is 5.91 Å². The molecular formula is C15H22Cl2N2O2. The molecule has 118 valence electrons. The number of piperidine rings is 1. The number of halogens is 2. The average molecular weight is 333 g/mol. The zero-order chi connectivity index (χ0) is 14.2. The lowest BCUT2D eigenvalue weighted by Crippen LogP contribution is -2.34. The number of hydrogen-bond donors (Lipinski definition) is 2. The molecule has 1 aromatic rings. The molecule has 2 N–H and O–H groups in total. The number of hydrogen-bond acceptors (Lipinski definition) is 3. The Hall–Kier alpha value is -0.970. The van der Waals surface area contributed by atoms with Crippen molar-refractivity contribution in [3.8, 4) is 5.75 Å². The standard InChI is InChI=1S/C15H21ClN2O2.ClH/c16-13-3-5-14(6-4-13)20-11-15(19)18-9-7-12-2-1-8-17-10-12;/h3-6,12,17H,1-2,7-11H2,(H,18,19);1H. The molecule has 1 amide bonds. The van der Waals surface area contributed by atoms with E-state index in [1.807, 2.05) is 0 Å². The number of ether oxygens (including phenoxy) is 1. The van der Waals surface area contributed by atoms with Gasteiger partial charge in [-0.05, 0) is 62.5 Å². The summed E-state index contributed by atoms with van der Waals surface area (Å²) < 4.78 is 5.38. The van der Waals surface area contributed by atoms with E-state index in [4.69, 9.17) is 16.3 Å². The highest BCUT2D eigenvalue weighted by atomic mass is 35.5. The van der Waals surface area contributed by atoms with Crippen LogP contribution < -0.4 is 15.4 Å². The number of amides is 1. The van der Waals surface area contributed by atoms with Crippen LogP contribution in [0.2, 0.25) is 5.02 Å². The minimum Gasteiger partial charge on any atom is -0.484 e. The Morgan fingerprint density at radius 1 is 1.38 bits per heavy atom. The van der Waals surface area contributed by atoms with Crippen LogP contribution in [0.25, 0.3) is 0 Å². The highest BCUT2D eigenvalue weighted by Gasteiger charge is 2.12. The van der Waals surface area contributed by atoms with Crippen LogP contribution in [0.15, 0.2) is 24.3 Å². The van der Waals surface area contributed by atoms with Gasteiger partial charge in [-0.15, -0.1) is 12.4 Å². The molecule has 0 aromatic heterocycles. The maximum absolute atomic E-state index is 11.6. The van der Waals surface area contributed by atoms with E-state index in [1.165, 1.54) is 12.8 Å². The van der Waals surface area contributed by atoms with Gasteiger partial charge < -0.3 is 15.4 Å². The first-order chi connectivity index (χ1) is 9.74. The third-order valence-electron chi connectivity index (χ3n) is 3.46. The zero-order valence-electron chi connectivity index (χ0n) is 11.9. The first kappa shape index (κ1) is 18.1. The van der Waals surface area contributed by atoms with Crippen molar-refractivity contribution in [1.82, 2.24) is 10.6 Å². The zero-order valence-corrected chi connectivity index (χ0v) is 13.5. The summed E-state index contributed by atoms with van der Waals surface area (Å²) in [6.45, 7) is 2.95. The van der Waals surface area contributed by atoms with Gasteiger partial charge in [0.15, 0.2) is 6.61 Å². The molecule has 6 heteroatoms. The lowest BCUT2D eigenvalue weighted by molar-refractivity contribution is -0.123. The Labute approximate surface area is 137 Å². The van der Waals surface area contributed by atoms with Gasteiger partial charge in [-0.25, -0.2) is 0 Å². The number of rotatable bonds is 6. The minimum absolute atomic E-state index is 0. The number of carbonyl (C=O) groups is 1. The van der Waals surface area contributed by atoms with E-state index in [1.54, 1.807) is 24.3 Å². The first-order valence-corrected chi connectivity index (χ1v) is 7.47. The molecule has 0 aliphatic carbocycles. The lowest BCUT2D eigenvalue weighted by atomic mass is 9.96. The molecule has 1 aliphatic heterocycles. The third-order valence-corrected chi connectivity index (χ3v) is 3.71. The van der Waals surface area contributed by atoms with Crippen molar-refractivity contribution in [3.63, 3.8) is 0 Å². The van der Waals surface area contributed by atoms with Gasteiger partial charge in [-0.3, -0.25) is 4.79 Å². The summed E-state index contributed by atoms with van der Waals surface area (Å²) in [6.07, 6.45) is 3.52. The normalized spacial score (nSPS) is 17.7. The summed E-state index contributed by atoms with van der Waals surface area (Å²) in [6, 6.07) is 6.99. The van der Waals surface area contributed by atoms with Crippen molar-refractivity contribution in [2.45, 2.75) is 19.3 Å². The summed E-state index contributed by atoms with van der Waals surface area (Å²) >= 11 is 5.78. The molecule has 0 saturated carbocycles. The van der Waals surface area contributed by atoms with E-state index in [0.717, 1.165) is 26.1 Å². The minimum atomic E-state index is -0.0799. The molecule has 1 heterocycles. The first-order valence-electron chi connectivity index (χ1n) is 7.10. The fraction of sp³-hybridized carbons (Fsp3) is 0.533. The summed E-state index contributed by atoms with van der Waals surface area (Å²) in [5.74, 6) is 1.26. The predicted octanol–water partition coefficient (Wildman–Crippen LogP) is 2.65. The molecule has 0 spiro atoms. The van der Waals surface area contributed by atoms with Crippen LogP contribution in [0.4, 0.5) is 0 Å². The number of benzene rings is 1. The Balaban J connectivity index is 0.00000220. The monoisotopic (exact) mass is 332 g/mol. The van der Waals surface area contributed by atoms with Crippen molar-refractivity contribution in [3.05, 3.63) is 29.3 Å². The largest absolute Gasteiger partial charge is 0.484 e. The lowest BCUT2D eigenvalue weighted by Gasteiger charge is -2.22. The van der Waals surface area contributed by atoms with E-state index < -0.39 is 0 Å². The summed E-state index contributed by atoms with van der Waals surface area (Å²) in [5.41, 5.74) is 0. The van der Waals surface area contributed by atoms with Crippen LogP contribution in [0, 0.1) is 5.92 Å². The number of carbonyl (C=O) groups excluding carboxylic acids is 1. The van der Waals surface area contributed by atoms with Crippen LogP contribution in [0.3, 0.4) is 0 Å². The molecule has 4 nitrogen and oxygen atoms in total. The van der Waals surface area contributed by atoms with E-state index >= 15 is 0 Å². The Kier molecular flexibility index (Phi) is 8.50. The van der Waals surface area contributed by atoms with Crippen LogP contribution in [-0.4, -0.2) is 32.1 Å². The SMILES string of the molecule is Cl.O=C(COc1ccc(Cl)cc1)NCCC1CCCNC1. The highest BCUT2D eigenvalue weighted by Crippen LogP contribution is 2.15. The molecule has 1 atom stereocenters. The van der Waals surface area contributed by atoms with Crippen molar-refractivity contribution in [2.24, 2.45) is 5.92 Å². The van der Waals surface area contributed by atoms with Crippen molar-refractivity contribution >= 4 is 29.9 Å². The van der Waals surface area contributed by atoms with Crippen LogP contribution in [-0.2, 0) is 4.79 Å². The fourth-order valence-corrected chi connectivity index (χ4v) is 2.44. The molecule has 1 fully saturated rings. The van der Waals surface area contributed by atoms with Gasteiger partial charge in [-0.1, -0.05) is 11.6 Å². The van der Waals surface area contributed by atoms with Crippen LogP contribution >= 0.6 is 24.0 Å². The quantitative estimate of drug-likeness (QED) is 0.841. The van der Waals surface area contributed by atoms with E-state index in [9.17, 15) is 4.79 Å². The Morgan fingerprint density at radius 3 is 2.81 bits per heavy atom. The van der Waals surface area contributed by atoms with Crippen molar-refractivity contribution in [2.75, 3.05) is 26.2 Å². The Bertz CT molecular complexity index is 420. The van der Waals surface area contributed by atoms with Gasteiger partial charge in [0.05, 0.1) is 0 Å². The Morgan fingerprint density at radius 2 is 2.14 bits per heavy atom. The third kappa shape index (κ3) is 7.02. The average Bonchev–Trinajstić information content (AvgIpc) is 2.48. The van der Waals surface area contributed by atoms with Gasteiger partial charge >= 0.3 is 0 Å². The molecule has 0 radical (unpaired) electrons. The summed E-state index contributed by atoms with van der Waals surface area (Å²) in [5, 5.41) is 6.93. The predicted molar refractivity (Wildman–Crippen MR) is 87.4 cm³/mol. The van der Waals surface area contributed by atoms with Gasteiger partial charge in [0, 0.05) is 11.6 Å². The highest BCUT2D eigenvalue weighted by molar-refractivity contribution is 6.30. The van der Waals surface area contributed by atoms with Crippen LogP contribution in [0.1, 0.15) is 19.3 Å². The van der Waals surface area contributed by atoms with E-state index in [-0.39, 0.29) is 24.9 Å². The molecule has 1 unspecified atom stereocenters. The van der Waals surface area contributed by atoms with Gasteiger partial charge in [0.2, 0.25) is 0 Å². The second kappa shape index (κ2) is 9.87. The maximum atomic E-state index is 11.6. The molecule has 1 aliphatic rings. The molecule has 1 saturated heterocycles. The maximum Gasteiger partial charge on any atom is 0.257 e. The topological polar surface area (TPSA) is 50.4 Å². The molecule has 1 aromatic carbocycles. The summed E-state index contributed by atoms with van der Waals surface area (Å²) in [7, 11) is 0.